The number of nitrogens with two attached hydrogens (primary N) is 1. The number of rotatable bonds is 5. The van der Waals surface area contributed by atoms with E-state index in [-0.39, 0.29) is 12.5 Å². The molecule has 0 radical (unpaired) electrons. The van der Waals surface area contributed by atoms with E-state index in [0.717, 1.165) is 30.5 Å². The number of aryl methyl sites for hydroxylation is 2. The molecule has 0 spiro atoms. The lowest BCUT2D eigenvalue weighted by molar-refractivity contribution is -0.138. The molecule has 0 aromatic carbocycles. The Kier molecular flexibility index (Phi) is 4.54. The molecule has 0 aliphatic heterocycles. The highest BCUT2D eigenvalue weighted by Gasteiger charge is 2.22. The summed E-state index contributed by atoms with van der Waals surface area (Å²) in [4.78, 5) is 18.4. The zero-order valence-corrected chi connectivity index (χ0v) is 12.6. The molecule has 0 bridgehead atoms. The van der Waals surface area contributed by atoms with Crippen LogP contribution in [0.25, 0.3) is 0 Å². The first-order chi connectivity index (χ1) is 9.56. The molecule has 20 heavy (non-hydrogen) atoms. The minimum atomic E-state index is -0.303. The van der Waals surface area contributed by atoms with Crippen molar-refractivity contribution in [3.8, 4) is 0 Å². The number of hydrogen-bond acceptors (Lipinski definition) is 5. The number of methoxy groups -OCH3 is 1. The van der Waals surface area contributed by atoms with E-state index in [9.17, 15) is 4.79 Å². The van der Waals surface area contributed by atoms with Crippen molar-refractivity contribution in [3.05, 3.63) is 22.9 Å². The van der Waals surface area contributed by atoms with Gasteiger partial charge in [0.25, 0.3) is 0 Å². The molecule has 0 fully saturated rings. The Labute approximate surface area is 124 Å². The van der Waals surface area contributed by atoms with Crippen molar-refractivity contribution in [3.63, 3.8) is 0 Å². The number of pyridine rings is 1. The van der Waals surface area contributed by atoms with Crippen molar-refractivity contribution in [2.75, 3.05) is 25.1 Å². The van der Waals surface area contributed by atoms with Gasteiger partial charge in [-0.3, -0.25) is 4.79 Å². The molecule has 1 aromatic heterocycles. The molecule has 0 saturated carbocycles. The van der Waals surface area contributed by atoms with E-state index in [4.69, 9.17) is 22.7 Å². The first-order valence-corrected chi connectivity index (χ1v) is 7.12. The second-order valence-electron chi connectivity index (χ2n) is 4.77. The highest BCUT2D eigenvalue weighted by atomic mass is 32.1. The third kappa shape index (κ3) is 2.90. The summed E-state index contributed by atoms with van der Waals surface area (Å²) in [6.07, 6.45) is 3.09. The number of nitrogens with zero attached hydrogens (tertiary/aromatic N) is 2. The zero-order chi connectivity index (χ0) is 14.7. The minimum Gasteiger partial charge on any atom is -0.468 e. The topological polar surface area (TPSA) is 68.5 Å². The fraction of sp³-hybridized carbons (Fsp3) is 0.500. The van der Waals surface area contributed by atoms with Gasteiger partial charge in [0.15, 0.2) is 0 Å². The van der Waals surface area contributed by atoms with Crippen molar-refractivity contribution < 1.29 is 9.53 Å². The maximum absolute atomic E-state index is 11.5. The van der Waals surface area contributed by atoms with Crippen LogP contribution in [0.5, 0.6) is 0 Å². The summed E-state index contributed by atoms with van der Waals surface area (Å²) in [5, 5.41) is 0. The summed E-state index contributed by atoms with van der Waals surface area (Å²) in [5.74, 6) is 0.383. The van der Waals surface area contributed by atoms with Crippen LogP contribution in [0.1, 0.15) is 30.2 Å². The first-order valence-electron chi connectivity index (χ1n) is 6.71. The van der Waals surface area contributed by atoms with Gasteiger partial charge < -0.3 is 15.4 Å². The maximum Gasteiger partial charge on any atom is 0.325 e. The number of ether oxygens (including phenoxy) is 1. The van der Waals surface area contributed by atoms with Crippen LogP contribution in [0.15, 0.2) is 6.07 Å². The number of esters is 1. The second kappa shape index (κ2) is 6.17. The van der Waals surface area contributed by atoms with E-state index in [2.05, 4.69) is 4.98 Å². The van der Waals surface area contributed by atoms with Crippen molar-refractivity contribution in [2.45, 2.75) is 26.2 Å². The van der Waals surface area contributed by atoms with Crippen LogP contribution < -0.4 is 10.6 Å². The van der Waals surface area contributed by atoms with Gasteiger partial charge in [-0.25, -0.2) is 4.98 Å². The molecule has 2 N–H and O–H groups in total. The van der Waals surface area contributed by atoms with E-state index in [0.29, 0.717) is 17.4 Å². The molecule has 6 heteroatoms. The monoisotopic (exact) mass is 293 g/mol. The molecular weight excluding hydrogens is 274 g/mol. The Morgan fingerprint density at radius 3 is 2.90 bits per heavy atom. The van der Waals surface area contributed by atoms with E-state index in [1.54, 1.807) is 0 Å². The molecule has 1 aliphatic carbocycles. The maximum atomic E-state index is 11.5. The average molecular weight is 293 g/mol. The predicted octanol–water partition coefficient (Wildman–Crippen LogP) is 1.20. The lowest BCUT2D eigenvalue weighted by Crippen LogP contribution is -2.33. The van der Waals surface area contributed by atoms with E-state index >= 15 is 0 Å². The third-order valence-electron chi connectivity index (χ3n) is 3.53. The largest absolute Gasteiger partial charge is 0.468 e. The quantitative estimate of drug-likeness (QED) is 0.650. The fourth-order valence-corrected chi connectivity index (χ4v) is 2.59. The van der Waals surface area contributed by atoms with Crippen molar-refractivity contribution in [2.24, 2.45) is 5.73 Å². The third-order valence-corrected chi connectivity index (χ3v) is 3.74. The Morgan fingerprint density at radius 1 is 1.55 bits per heavy atom. The lowest BCUT2D eigenvalue weighted by atomic mass is 10.1. The summed E-state index contributed by atoms with van der Waals surface area (Å²) in [6.45, 7) is 2.74. The standard InChI is InChI=1S/C14H19N3O2S/c1-3-17(8-12(18)19-2)14-10(13(15)20)7-9-5-4-6-11(9)16-14/h7H,3-6,8H2,1-2H3,(H2,15,20). The van der Waals surface area contributed by atoms with E-state index in [1.165, 1.54) is 12.7 Å². The Balaban J connectivity index is 2.42. The molecule has 1 aromatic rings. The first kappa shape index (κ1) is 14.7. The SMILES string of the molecule is CCN(CC(=O)OC)c1nc2c(cc1C(N)=S)CCC2. The minimum absolute atomic E-state index is 0.147. The highest BCUT2D eigenvalue weighted by Crippen LogP contribution is 2.27. The van der Waals surface area contributed by atoms with Crippen LogP contribution in [0.2, 0.25) is 0 Å². The normalized spacial score (nSPS) is 12.9. The van der Waals surface area contributed by atoms with Gasteiger partial charge in [0.1, 0.15) is 17.4 Å². The van der Waals surface area contributed by atoms with Crippen molar-refractivity contribution in [1.82, 2.24) is 4.98 Å². The molecule has 0 saturated heterocycles. The summed E-state index contributed by atoms with van der Waals surface area (Å²) >= 11 is 5.12. The Morgan fingerprint density at radius 2 is 2.30 bits per heavy atom. The van der Waals surface area contributed by atoms with Crippen LogP contribution in [0.3, 0.4) is 0 Å². The van der Waals surface area contributed by atoms with Crippen molar-refractivity contribution in [1.29, 1.82) is 0 Å². The van der Waals surface area contributed by atoms with Gasteiger partial charge in [-0.2, -0.15) is 0 Å². The molecule has 108 valence electrons. The van der Waals surface area contributed by atoms with Crippen LogP contribution in [-0.2, 0) is 22.4 Å². The van der Waals surface area contributed by atoms with Crippen molar-refractivity contribution >= 4 is 29.0 Å². The van der Waals surface area contributed by atoms with Crippen LogP contribution in [-0.4, -0.2) is 36.1 Å². The van der Waals surface area contributed by atoms with Gasteiger partial charge in [-0.1, -0.05) is 12.2 Å². The van der Waals surface area contributed by atoms with E-state index in [1.807, 2.05) is 17.9 Å². The number of fused-ring (bicyclic) bond motifs is 1. The number of aromatic nitrogens is 1. The van der Waals surface area contributed by atoms with Gasteiger partial charge in [-0.15, -0.1) is 0 Å². The number of carbonyl (C=O) groups is 1. The molecule has 1 aliphatic rings. The summed E-state index contributed by atoms with van der Waals surface area (Å²) < 4.78 is 4.72. The molecular formula is C14H19N3O2S. The molecule has 2 rings (SSSR count). The van der Waals surface area contributed by atoms with Crippen LogP contribution >= 0.6 is 12.2 Å². The zero-order valence-electron chi connectivity index (χ0n) is 11.8. The predicted molar refractivity (Wildman–Crippen MR) is 82.1 cm³/mol. The molecule has 0 amide bonds. The van der Waals surface area contributed by atoms with Gasteiger partial charge in [-0.05, 0) is 37.8 Å². The number of anilines is 1. The smallest absolute Gasteiger partial charge is 0.325 e. The van der Waals surface area contributed by atoms with E-state index < -0.39 is 0 Å². The lowest BCUT2D eigenvalue weighted by Gasteiger charge is -2.24. The van der Waals surface area contributed by atoms with Gasteiger partial charge in [0.05, 0.1) is 12.7 Å². The Hall–Kier alpha value is -1.69. The molecule has 5 nitrogen and oxygen atoms in total. The Bertz CT molecular complexity index is 545. The number of likely N-dealkylation sites (N-methyl/N-ethyl adjacent to an activating group) is 1. The highest BCUT2D eigenvalue weighted by molar-refractivity contribution is 7.80. The fourth-order valence-electron chi connectivity index (χ4n) is 2.44. The number of thiocarbonyl (C=S) groups is 1. The summed E-state index contributed by atoms with van der Waals surface area (Å²) in [6, 6.07) is 2.02. The van der Waals surface area contributed by atoms with Gasteiger partial charge in [0, 0.05) is 12.2 Å². The number of carbonyl (C=O) groups excluding carboxylic acids is 1. The summed E-state index contributed by atoms with van der Waals surface area (Å²) in [5.41, 5.74) is 8.86. The second-order valence-corrected chi connectivity index (χ2v) is 5.21. The van der Waals surface area contributed by atoms with Crippen LogP contribution in [0, 0.1) is 0 Å². The molecule has 1 heterocycles. The van der Waals surface area contributed by atoms with Gasteiger partial charge >= 0.3 is 5.97 Å². The average Bonchev–Trinajstić information content (AvgIpc) is 2.90. The summed E-state index contributed by atoms with van der Waals surface area (Å²) in [7, 11) is 1.38. The molecule has 0 atom stereocenters. The molecule has 0 unspecified atom stereocenters. The van der Waals surface area contributed by atoms with Crippen LogP contribution in [0.4, 0.5) is 5.82 Å². The van der Waals surface area contributed by atoms with Gasteiger partial charge in [0.2, 0.25) is 0 Å². The number of hydrogen-bond donors (Lipinski definition) is 1.